The number of nitrogens with zero attached hydrogens (tertiary/aromatic N) is 1. The van der Waals surface area contributed by atoms with E-state index in [0.717, 1.165) is 25.3 Å². The number of sulfone groups is 1. The molecule has 1 N–H and O–H groups in total. The first-order valence-corrected chi connectivity index (χ1v) is 12.7. The van der Waals surface area contributed by atoms with Crippen LogP contribution in [0.1, 0.15) is 73.5 Å². The number of alkyl halides is 3. The van der Waals surface area contributed by atoms with E-state index in [-0.39, 0.29) is 33.4 Å². The Labute approximate surface area is 187 Å². The molecule has 1 aromatic rings. The van der Waals surface area contributed by atoms with Gasteiger partial charge in [0, 0.05) is 12.3 Å². The van der Waals surface area contributed by atoms with Crippen LogP contribution in [0, 0.1) is 18.3 Å². The molecule has 10 heteroatoms. The zero-order valence-electron chi connectivity index (χ0n) is 18.7. The van der Waals surface area contributed by atoms with Gasteiger partial charge in [0.05, 0.1) is 12.4 Å². The quantitative estimate of drug-likeness (QED) is 0.604. The van der Waals surface area contributed by atoms with Gasteiger partial charge in [-0.3, -0.25) is 4.79 Å². The van der Waals surface area contributed by atoms with Crippen molar-refractivity contribution in [2.75, 3.05) is 19.4 Å². The van der Waals surface area contributed by atoms with Gasteiger partial charge in [0.15, 0.2) is 9.84 Å². The number of hydrogen-bond acceptors (Lipinski definition) is 5. The predicted molar refractivity (Wildman–Crippen MR) is 114 cm³/mol. The lowest BCUT2D eigenvalue weighted by Gasteiger charge is -2.40. The number of nitrogens with one attached hydrogen (secondary N) is 1. The van der Waals surface area contributed by atoms with Crippen molar-refractivity contribution in [3.63, 3.8) is 0 Å². The molecule has 3 rings (SSSR count). The number of aryl methyl sites for hydroxylation is 1. The van der Waals surface area contributed by atoms with Gasteiger partial charge in [-0.2, -0.15) is 13.2 Å². The van der Waals surface area contributed by atoms with E-state index in [1.54, 1.807) is 6.92 Å². The third kappa shape index (κ3) is 5.55. The van der Waals surface area contributed by atoms with Crippen molar-refractivity contribution in [2.45, 2.75) is 70.2 Å². The molecule has 0 spiro atoms. The van der Waals surface area contributed by atoms with Crippen molar-refractivity contribution in [1.82, 2.24) is 10.3 Å². The number of halogens is 3. The first kappa shape index (κ1) is 24.8. The molecule has 32 heavy (non-hydrogen) atoms. The molecule has 0 atom stereocenters. The molecule has 2 saturated carbocycles. The molecular weight excluding hydrogens is 445 g/mol. The summed E-state index contributed by atoms with van der Waals surface area (Å²) in [4.78, 5) is 16.4. The summed E-state index contributed by atoms with van der Waals surface area (Å²) in [6, 6.07) is 0.845. The summed E-state index contributed by atoms with van der Waals surface area (Å²) in [5.41, 5.74) is -1.18. The fraction of sp³-hybridized carbons (Fsp3) is 0.727. The van der Waals surface area contributed by atoms with Gasteiger partial charge in [-0.1, -0.05) is 19.8 Å². The average Bonchev–Trinajstić information content (AvgIpc) is 3.55. The fourth-order valence-corrected chi connectivity index (χ4v) is 6.18. The van der Waals surface area contributed by atoms with E-state index in [4.69, 9.17) is 4.74 Å². The molecular formula is C22H31F3N2O4S. The van der Waals surface area contributed by atoms with Crippen LogP contribution in [0.25, 0.3) is 0 Å². The Morgan fingerprint density at radius 1 is 1.25 bits per heavy atom. The number of carbonyl (C=O) groups excluding carboxylic acids is 1. The molecule has 1 amide bonds. The highest BCUT2D eigenvalue weighted by Gasteiger charge is 2.43. The van der Waals surface area contributed by atoms with E-state index in [1.165, 1.54) is 14.0 Å². The number of ether oxygens (including phenoxy) is 1. The average molecular weight is 477 g/mol. The van der Waals surface area contributed by atoms with Gasteiger partial charge in [0.25, 0.3) is 5.91 Å². The summed E-state index contributed by atoms with van der Waals surface area (Å²) < 4.78 is 68.8. The van der Waals surface area contributed by atoms with Gasteiger partial charge >= 0.3 is 6.18 Å². The van der Waals surface area contributed by atoms with Gasteiger partial charge < -0.3 is 10.1 Å². The van der Waals surface area contributed by atoms with Crippen LogP contribution in [-0.4, -0.2) is 44.0 Å². The zero-order chi connectivity index (χ0) is 23.7. The third-order valence-electron chi connectivity index (χ3n) is 6.84. The second kappa shape index (κ2) is 9.19. The summed E-state index contributed by atoms with van der Waals surface area (Å²) in [7, 11) is -1.91. The Hall–Kier alpha value is -1.84. The SMILES string of the molecule is CCS(=O)(=O)C1CCC(CNC(=O)c2c(C)cc(C(F)(F)F)nc2OC)(CC2CC2)CC1. The molecule has 0 radical (unpaired) electrons. The van der Waals surface area contributed by atoms with Crippen LogP contribution >= 0.6 is 0 Å². The van der Waals surface area contributed by atoms with E-state index in [1.807, 2.05) is 0 Å². The first-order chi connectivity index (χ1) is 14.9. The van der Waals surface area contributed by atoms with E-state index in [0.29, 0.717) is 38.1 Å². The van der Waals surface area contributed by atoms with Crippen molar-refractivity contribution in [3.05, 3.63) is 22.9 Å². The van der Waals surface area contributed by atoms with Crippen LogP contribution in [0.2, 0.25) is 0 Å². The van der Waals surface area contributed by atoms with Crippen LogP contribution in [0.4, 0.5) is 13.2 Å². The van der Waals surface area contributed by atoms with Crippen molar-refractivity contribution >= 4 is 15.7 Å². The molecule has 2 aliphatic rings. The Balaban J connectivity index is 1.75. The topological polar surface area (TPSA) is 85.4 Å². The second-order valence-corrected chi connectivity index (χ2v) is 11.8. The lowest BCUT2D eigenvalue weighted by Crippen LogP contribution is -2.43. The Bertz CT molecular complexity index is 951. The number of rotatable bonds is 8. The maximum absolute atomic E-state index is 13.1. The minimum absolute atomic E-state index is 0.00989. The van der Waals surface area contributed by atoms with Crippen LogP contribution < -0.4 is 10.1 Å². The third-order valence-corrected chi connectivity index (χ3v) is 9.13. The number of carbonyl (C=O) groups is 1. The van der Waals surface area contributed by atoms with E-state index >= 15 is 0 Å². The molecule has 0 saturated heterocycles. The van der Waals surface area contributed by atoms with E-state index in [2.05, 4.69) is 10.3 Å². The van der Waals surface area contributed by atoms with Crippen LogP contribution in [-0.2, 0) is 16.0 Å². The minimum atomic E-state index is -4.64. The van der Waals surface area contributed by atoms with Gasteiger partial charge in [-0.15, -0.1) is 0 Å². The predicted octanol–water partition coefficient (Wildman–Crippen LogP) is 4.31. The van der Waals surface area contributed by atoms with E-state index < -0.39 is 27.6 Å². The smallest absolute Gasteiger partial charge is 0.433 e. The molecule has 1 heterocycles. The standard InChI is InChI=1S/C22H31F3N2O4S/c1-4-32(29,30)16-7-9-21(10-8-16,12-15-5-6-15)13-26-19(28)18-14(2)11-17(22(23,24)25)27-20(18)31-3/h11,15-16H,4-10,12-13H2,1-3H3,(H,26,28). The maximum Gasteiger partial charge on any atom is 0.433 e. The zero-order valence-corrected chi connectivity index (χ0v) is 19.5. The minimum Gasteiger partial charge on any atom is -0.480 e. The van der Waals surface area contributed by atoms with Crippen molar-refractivity contribution in [2.24, 2.45) is 11.3 Å². The second-order valence-electron chi connectivity index (χ2n) is 9.19. The molecule has 2 fully saturated rings. The first-order valence-electron chi connectivity index (χ1n) is 11.0. The van der Waals surface area contributed by atoms with Gasteiger partial charge in [-0.25, -0.2) is 13.4 Å². The fourth-order valence-electron chi connectivity index (χ4n) is 4.75. The molecule has 180 valence electrons. The van der Waals surface area contributed by atoms with Gasteiger partial charge in [-0.05, 0) is 62.0 Å². The molecule has 6 nitrogen and oxygen atoms in total. The number of aromatic nitrogens is 1. The molecule has 0 aliphatic heterocycles. The molecule has 1 aromatic heterocycles. The van der Waals surface area contributed by atoms with Gasteiger partial charge in [0.1, 0.15) is 11.3 Å². The summed E-state index contributed by atoms with van der Waals surface area (Å²) in [6.45, 7) is 3.44. The lowest BCUT2D eigenvalue weighted by molar-refractivity contribution is -0.141. The maximum atomic E-state index is 13.1. The molecule has 0 bridgehead atoms. The summed E-state index contributed by atoms with van der Waals surface area (Å²) >= 11 is 0. The van der Waals surface area contributed by atoms with Crippen molar-refractivity contribution in [1.29, 1.82) is 0 Å². The number of amides is 1. The molecule has 2 aliphatic carbocycles. The largest absolute Gasteiger partial charge is 0.480 e. The van der Waals surface area contributed by atoms with Crippen molar-refractivity contribution < 1.29 is 31.1 Å². The highest BCUT2D eigenvalue weighted by molar-refractivity contribution is 7.92. The van der Waals surface area contributed by atoms with Crippen molar-refractivity contribution in [3.8, 4) is 5.88 Å². The Kier molecular flexibility index (Phi) is 7.12. The molecule has 0 aromatic carbocycles. The van der Waals surface area contributed by atoms with Crippen LogP contribution in [0.15, 0.2) is 6.07 Å². The van der Waals surface area contributed by atoms with Crippen LogP contribution in [0.5, 0.6) is 5.88 Å². The summed E-state index contributed by atoms with van der Waals surface area (Å²) in [5, 5.41) is 2.56. The number of hydrogen-bond donors (Lipinski definition) is 1. The number of pyridine rings is 1. The highest BCUT2D eigenvalue weighted by atomic mass is 32.2. The summed E-state index contributed by atoms with van der Waals surface area (Å²) in [5.74, 6) is -0.164. The van der Waals surface area contributed by atoms with Gasteiger partial charge in [0.2, 0.25) is 5.88 Å². The number of methoxy groups -OCH3 is 1. The highest BCUT2D eigenvalue weighted by Crippen LogP contribution is 2.48. The lowest BCUT2D eigenvalue weighted by atomic mass is 9.70. The Morgan fingerprint density at radius 2 is 1.88 bits per heavy atom. The molecule has 0 unspecified atom stereocenters. The summed E-state index contributed by atoms with van der Waals surface area (Å²) in [6.07, 6.45) is 1.12. The monoisotopic (exact) mass is 476 g/mol. The van der Waals surface area contributed by atoms with Crippen LogP contribution in [0.3, 0.4) is 0 Å². The normalized spacial score (nSPS) is 24.2. The van der Waals surface area contributed by atoms with E-state index in [9.17, 15) is 26.4 Å². The Morgan fingerprint density at radius 3 is 2.38 bits per heavy atom.